The molecule has 0 aliphatic rings. The Morgan fingerprint density at radius 3 is 2.93 bits per heavy atom. The fraction of sp³-hybridized carbons (Fsp3) is 0.455. The number of imidazole rings is 1. The summed E-state index contributed by atoms with van der Waals surface area (Å²) in [6.07, 6.45) is 3.30. The molecule has 0 aromatic carbocycles. The van der Waals surface area contributed by atoms with Crippen LogP contribution in [0.1, 0.15) is 31.3 Å². The highest BCUT2D eigenvalue weighted by Crippen LogP contribution is 2.16. The van der Waals surface area contributed by atoms with E-state index in [4.69, 9.17) is 5.73 Å². The number of hydrogen-bond donors (Lipinski definition) is 2. The van der Waals surface area contributed by atoms with E-state index in [9.17, 15) is 0 Å². The average Bonchev–Trinajstić information content (AvgIpc) is 2.58. The van der Waals surface area contributed by atoms with Crippen LogP contribution in [0.5, 0.6) is 0 Å². The molecule has 3 N–H and O–H groups in total. The van der Waals surface area contributed by atoms with Crippen molar-refractivity contribution in [3.63, 3.8) is 0 Å². The minimum absolute atomic E-state index is 0.716. The van der Waals surface area contributed by atoms with Gasteiger partial charge in [0.2, 0.25) is 0 Å². The van der Waals surface area contributed by atoms with Crippen LogP contribution in [0.3, 0.4) is 0 Å². The second-order valence-electron chi connectivity index (χ2n) is 3.82. The molecule has 0 saturated heterocycles. The van der Waals surface area contributed by atoms with Crippen LogP contribution in [-0.2, 0) is 6.42 Å². The molecule has 2 aromatic rings. The predicted octanol–water partition coefficient (Wildman–Crippen LogP) is 2.19. The Bertz CT molecular complexity index is 434. The van der Waals surface area contributed by atoms with Crippen molar-refractivity contribution in [3.05, 3.63) is 17.6 Å². The number of aryl methyl sites for hydroxylation is 2. The van der Waals surface area contributed by atoms with Crippen LogP contribution >= 0.6 is 0 Å². The summed E-state index contributed by atoms with van der Waals surface area (Å²) in [5.41, 5.74) is 9.05. The Balaban J connectivity index is 2.38. The van der Waals surface area contributed by atoms with Crippen molar-refractivity contribution in [1.82, 2.24) is 15.0 Å². The number of anilines is 1. The van der Waals surface area contributed by atoms with Crippen LogP contribution in [-0.4, -0.2) is 15.0 Å². The zero-order valence-electron chi connectivity index (χ0n) is 9.17. The molecular formula is C11H16N4. The summed E-state index contributed by atoms with van der Waals surface area (Å²) in [5, 5.41) is 0. The maximum absolute atomic E-state index is 5.79. The van der Waals surface area contributed by atoms with E-state index in [1.807, 2.05) is 13.0 Å². The van der Waals surface area contributed by atoms with Gasteiger partial charge in [-0.1, -0.05) is 13.3 Å². The molecule has 0 saturated carbocycles. The van der Waals surface area contributed by atoms with E-state index in [0.717, 1.165) is 35.5 Å². The number of nitrogen functional groups attached to an aromatic ring is 1. The van der Waals surface area contributed by atoms with Crippen molar-refractivity contribution in [2.24, 2.45) is 0 Å². The number of fused-ring (bicyclic) bond motifs is 1. The number of H-pyrrole nitrogens is 1. The highest BCUT2D eigenvalue weighted by atomic mass is 15.0. The van der Waals surface area contributed by atoms with Gasteiger partial charge in [0.05, 0.1) is 16.9 Å². The highest BCUT2D eigenvalue weighted by Gasteiger charge is 2.05. The average molecular weight is 204 g/mol. The number of hydrogen-bond acceptors (Lipinski definition) is 3. The zero-order valence-corrected chi connectivity index (χ0v) is 9.17. The van der Waals surface area contributed by atoms with Crippen molar-refractivity contribution >= 4 is 16.9 Å². The van der Waals surface area contributed by atoms with E-state index in [-0.39, 0.29) is 0 Å². The van der Waals surface area contributed by atoms with Gasteiger partial charge in [-0.05, 0) is 19.4 Å². The summed E-state index contributed by atoms with van der Waals surface area (Å²) in [5.74, 6) is 1.00. The number of rotatable bonds is 3. The summed E-state index contributed by atoms with van der Waals surface area (Å²) in [6, 6.07) is 1.90. The molecular weight excluding hydrogens is 188 g/mol. The van der Waals surface area contributed by atoms with Gasteiger partial charge in [0, 0.05) is 6.42 Å². The molecule has 0 spiro atoms. The summed E-state index contributed by atoms with van der Waals surface area (Å²) in [6.45, 7) is 4.07. The van der Waals surface area contributed by atoms with Gasteiger partial charge in [-0.3, -0.25) is 0 Å². The third-order valence-electron chi connectivity index (χ3n) is 2.52. The molecule has 2 rings (SSSR count). The number of aromatic amines is 1. The van der Waals surface area contributed by atoms with E-state index < -0.39 is 0 Å². The van der Waals surface area contributed by atoms with Gasteiger partial charge in [-0.15, -0.1) is 0 Å². The van der Waals surface area contributed by atoms with Gasteiger partial charge in [-0.25, -0.2) is 9.97 Å². The highest BCUT2D eigenvalue weighted by molar-refractivity contribution is 5.75. The van der Waals surface area contributed by atoms with Gasteiger partial charge in [0.15, 0.2) is 5.65 Å². The molecule has 0 fully saturated rings. The number of nitrogens with two attached hydrogens (primary N) is 1. The summed E-state index contributed by atoms with van der Waals surface area (Å²) < 4.78 is 0. The Morgan fingerprint density at radius 2 is 2.20 bits per heavy atom. The second-order valence-corrected chi connectivity index (χ2v) is 3.82. The van der Waals surface area contributed by atoms with E-state index in [1.54, 1.807) is 0 Å². The lowest BCUT2D eigenvalue weighted by Gasteiger charge is -1.96. The molecule has 0 unspecified atom stereocenters. The lowest BCUT2D eigenvalue weighted by atomic mass is 10.2. The minimum atomic E-state index is 0.716. The molecule has 15 heavy (non-hydrogen) atoms. The molecule has 0 aliphatic heterocycles. The summed E-state index contributed by atoms with van der Waals surface area (Å²) in [7, 11) is 0. The summed E-state index contributed by atoms with van der Waals surface area (Å²) in [4.78, 5) is 12.0. The molecule has 4 heteroatoms. The molecule has 2 aromatic heterocycles. The fourth-order valence-corrected chi connectivity index (χ4v) is 1.56. The molecule has 4 nitrogen and oxygen atoms in total. The van der Waals surface area contributed by atoms with Crippen molar-refractivity contribution in [1.29, 1.82) is 0 Å². The Labute approximate surface area is 88.9 Å². The number of unbranched alkanes of at least 4 members (excludes halogenated alkanes) is 1. The first-order valence-electron chi connectivity index (χ1n) is 5.32. The van der Waals surface area contributed by atoms with Gasteiger partial charge < -0.3 is 10.7 Å². The molecule has 0 aliphatic carbocycles. The topological polar surface area (TPSA) is 67.6 Å². The summed E-state index contributed by atoms with van der Waals surface area (Å²) >= 11 is 0. The molecule has 80 valence electrons. The van der Waals surface area contributed by atoms with E-state index in [0.29, 0.717) is 5.69 Å². The number of nitrogens with one attached hydrogen (secondary N) is 1. The van der Waals surface area contributed by atoms with E-state index in [1.165, 1.54) is 6.42 Å². The van der Waals surface area contributed by atoms with Crippen LogP contribution in [0.2, 0.25) is 0 Å². The Kier molecular flexibility index (Phi) is 2.58. The Hall–Kier alpha value is -1.58. The molecule has 2 heterocycles. The largest absolute Gasteiger partial charge is 0.397 e. The first-order valence-corrected chi connectivity index (χ1v) is 5.32. The van der Waals surface area contributed by atoms with Crippen LogP contribution in [0.25, 0.3) is 11.2 Å². The van der Waals surface area contributed by atoms with Crippen LogP contribution in [0, 0.1) is 6.92 Å². The lowest BCUT2D eigenvalue weighted by Crippen LogP contribution is -1.92. The quantitative estimate of drug-likeness (QED) is 0.805. The van der Waals surface area contributed by atoms with Gasteiger partial charge in [0.25, 0.3) is 0 Å². The predicted molar refractivity (Wildman–Crippen MR) is 61.7 cm³/mol. The zero-order chi connectivity index (χ0) is 10.8. The normalized spacial score (nSPS) is 11.1. The third-order valence-corrected chi connectivity index (χ3v) is 2.52. The molecule has 0 bridgehead atoms. The number of pyridine rings is 1. The SMILES string of the molecule is CCCCc1nc2nc(C)c(N)cc2[nH]1. The van der Waals surface area contributed by atoms with Crippen LogP contribution in [0.15, 0.2) is 6.07 Å². The molecule has 0 atom stereocenters. The maximum atomic E-state index is 5.79. The first-order chi connectivity index (χ1) is 7.20. The maximum Gasteiger partial charge on any atom is 0.178 e. The van der Waals surface area contributed by atoms with E-state index >= 15 is 0 Å². The third kappa shape index (κ3) is 1.93. The van der Waals surface area contributed by atoms with Gasteiger partial charge >= 0.3 is 0 Å². The standard InChI is InChI=1S/C11H16N4/c1-3-4-5-10-14-9-6-8(12)7(2)13-11(9)15-10/h6H,3-5,12H2,1-2H3,(H,13,14,15). The van der Waals surface area contributed by atoms with Crippen molar-refractivity contribution < 1.29 is 0 Å². The van der Waals surface area contributed by atoms with Crippen molar-refractivity contribution in [2.75, 3.05) is 5.73 Å². The second kappa shape index (κ2) is 3.88. The van der Waals surface area contributed by atoms with Crippen LogP contribution in [0.4, 0.5) is 5.69 Å². The first kappa shape index (κ1) is 9.96. The van der Waals surface area contributed by atoms with Crippen molar-refractivity contribution in [3.8, 4) is 0 Å². The molecule has 0 radical (unpaired) electrons. The monoisotopic (exact) mass is 204 g/mol. The lowest BCUT2D eigenvalue weighted by molar-refractivity contribution is 0.764. The fourth-order valence-electron chi connectivity index (χ4n) is 1.56. The van der Waals surface area contributed by atoms with Crippen LogP contribution < -0.4 is 5.73 Å². The van der Waals surface area contributed by atoms with Crippen molar-refractivity contribution in [2.45, 2.75) is 33.1 Å². The minimum Gasteiger partial charge on any atom is -0.397 e. The van der Waals surface area contributed by atoms with E-state index in [2.05, 4.69) is 21.9 Å². The number of aromatic nitrogens is 3. The molecule has 0 amide bonds. The number of nitrogens with zero attached hydrogens (tertiary/aromatic N) is 2. The van der Waals surface area contributed by atoms with Gasteiger partial charge in [-0.2, -0.15) is 0 Å². The Morgan fingerprint density at radius 1 is 1.40 bits per heavy atom. The smallest absolute Gasteiger partial charge is 0.178 e. The van der Waals surface area contributed by atoms with Gasteiger partial charge in [0.1, 0.15) is 5.82 Å².